The maximum Gasteiger partial charge on any atom is 0.254 e. The van der Waals surface area contributed by atoms with Crippen LogP contribution in [-0.2, 0) is 4.79 Å². The fourth-order valence-electron chi connectivity index (χ4n) is 4.44. The molecule has 1 atom stereocenters. The highest BCUT2D eigenvalue weighted by Crippen LogP contribution is 2.22. The van der Waals surface area contributed by atoms with Gasteiger partial charge in [0.15, 0.2) is 0 Å². The fourth-order valence-corrected chi connectivity index (χ4v) is 4.44. The highest BCUT2D eigenvalue weighted by atomic mass is 16.2. The molecule has 1 saturated heterocycles. The van der Waals surface area contributed by atoms with Crippen molar-refractivity contribution in [1.29, 1.82) is 0 Å². The van der Waals surface area contributed by atoms with E-state index in [1.807, 2.05) is 30.0 Å². The normalized spacial score (nSPS) is 21.1. The number of amides is 2. The Balaban J connectivity index is 1.53. The largest absolute Gasteiger partial charge is 0.376 e. The van der Waals surface area contributed by atoms with E-state index in [4.69, 9.17) is 0 Å². The second-order valence-electron chi connectivity index (χ2n) is 8.48. The molecule has 1 aliphatic heterocycles. The standard InChI is InChI=1S/C23H35N3O2/c1-17-15-19(23(28)26-14-8-7-9-18(26)2)12-13-21(17)24-16-22(27)25-20-10-5-3-4-6-11-20/h12-13,15,18,20,24H,3-11,14,16H2,1-2H3,(H,25,27). The Morgan fingerprint density at radius 3 is 2.43 bits per heavy atom. The summed E-state index contributed by atoms with van der Waals surface area (Å²) in [6, 6.07) is 6.38. The molecule has 2 N–H and O–H groups in total. The minimum absolute atomic E-state index is 0.0496. The summed E-state index contributed by atoms with van der Waals surface area (Å²) in [5.41, 5.74) is 2.65. The molecule has 1 heterocycles. The van der Waals surface area contributed by atoms with Gasteiger partial charge in [-0.2, -0.15) is 0 Å². The molecule has 1 aromatic rings. The molecule has 1 unspecified atom stereocenters. The van der Waals surface area contributed by atoms with Crippen LogP contribution < -0.4 is 10.6 Å². The van der Waals surface area contributed by atoms with Crippen molar-refractivity contribution in [2.45, 2.75) is 83.7 Å². The Labute approximate surface area is 169 Å². The molecule has 1 aromatic carbocycles. The van der Waals surface area contributed by atoms with Gasteiger partial charge in [-0.25, -0.2) is 0 Å². The molecule has 2 fully saturated rings. The van der Waals surface area contributed by atoms with Gasteiger partial charge in [0.25, 0.3) is 5.91 Å². The van der Waals surface area contributed by atoms with E-state index in [9.17, 15) is 9.59 Å². The van der Waals surface area contributed by atoms with Gasteiger partial charge in [0.05, 0.1) is 6.54 Å². The summed E-state index contributed by atoms with van der Waals surface area (Å²) in [7, 11) is 0. The Morgan fingerprint density at radius 2 is 1.75 bits per heavy atom. The van der Waals surface area contributed by atoms with Crippen LogP contribution in [0.15, 0.2) is 18.2 Å². The number of hydrogen-bond donors (Lipinski definition) is 2. The SMILES string of the molecule is Cc1cc(C(=O)N2CCCCC2C)ccc1NCC(=O)NC1CCCCCC1. The number of piperidine rings is 1. The topological polar surface area (TPSA) is 61.4 Å². The second kappa shape index (κ2) is 9.94. The van der Waals surface area contributed by atoms with Crippen LogP contribution in [0.25, 0.3) is 0 Å². The van der Waals surface area contributed by atoms with Gasteiger partial charge in [0.1, 0.15) is 0 Å². The molecule has 154 valence electrons. The van der Waals surface area contributed by atoms with Crippen molar-refractivity contribution in [2.75, 3.05) is 18.4 Å². The van der Waals surface area contributed by atoms with E-state index in [0.29, 0.717) is 12.1 Å². The number of nitrogens with zero attached hydrogens (tertiary/aromatic N) is 1. The van der Waals surface area contributed by atoms with Crippen molar-refractivity contribution in [3.63, 3.8) is 0 Å². The van der Waals surface area contributed by atoms with Crippen LogP contribution in [0.2, 0.25) is 0 Å². The third-order valence-electron chi connectivity index (χ3n) is 6.20. The van der Waals surface area contributed by atoms with Crippen molar-refractivity contribution < 1.29 is 9.59 Å². The third-order valence-corrected chi connectivity index (χ3v) is 6.20. The number of likely N-dealkylation sites (tertiary alicyclic amines) is 1. The molecule has 0 aromatic heterocycles. The molecular weight excluding hydrogens is 350 g/mol. The van der Waals surface area contributed by atoms with Crippen molar-refractivity contribution in [2.24, 2.45) is 0 Å². The Bertz CT molecular complexity index is 680. The summed E-state index contributed by atoms with van der Waals surface area (Å²) in [4.78, 5) is 27.1. The first-order chi connectivity index (χ1) is 13.5. The zero-order valence-electron chi connectivity index (χ0n) is 17.4. The highest BCUT2D eigenvalue weighted by molar-refractivity contribution is 5.95. The first-order valence-electron chi connectivity index (χ1n) is 11.0. The number of hydrogen-bond acceptors (Lipinski definition) is 3. The molecule has 0 bridgehead atoms. The Kier molecular flexibility index (Phi) is 7.35. The molecule has 28 heavy (non-hydrogen) atoms. The van der Waals surface area contributed by atoms with Crippen molar-refractivity contribution in [3.8, 4) is 0 Å². The lowest BCUT2D eigenvalue weighted by Gasteiger charge is -2.33. The quantitative estimate of drug-likeness (QED) is 0.745. The van der Waals surface area contributed by atoms with Crippen molar-refractivity contribution in [3.05, 3.63) is 29.3 Å². The second-order valence-corrected chi connectivity index (χ2v) is 8.48. The van der Waals surface area contributed by atoms with E-state index >= 15 is 0 Å². The van der Waals surface area contributed by atoms with Gasteiger partial charge in [0, 0.05) is 29.9 Å². The predicted octanol–water partition coefficient (Wildman–Crippen LogP) is 4.26. The maximum absolute atomic E-state index is 12.8. The summed E-state index contributed by atoms with van der Waals surface area (Å²) in [5.74, 6) is 0.168. The maximum atomic E-state index is 12.8. The van der Waals surface area contributed by atoms with Gasteiger partial charge in [-0.3, -0.25) is 9.59 Å². The summed E-state index contributed by atoms with van der Waals surface area (Å²) in [6.45, 7) is 5.24. The van der Waals surface area contributed by atoms with E-state index < -0.39 is 0 Å². The van der Waals surface area contributed by atoms with E-state index in [1.165, 1.54) is 32.1 Å². The lowest BCUT2D eigenvalue weighted by molar-refractivity contribution is -0.120. The van der Waals surface area contributed by atoms with Crippen LogP contribution in [0.5, 0.6) is 0 Å². The van der Waals surface area contributed by atoms with Gasteiger partial charge >= 0.3 is 0 Å². The number of carbonyl (C=O) groups excluding carboxylic acids is 2. The number of aryl methyl sites for hydroxylation is 1. The van der Waals surface area contributed by atoms with Crippen LogP contribution in [-0.4, -0.2) is 41.9 Å². The van der Waals surface area contributed by atoms with Crippen LogP contribution in [0.3, 0.4) is 0 Å². The van der Waals surface area contributed by atoms with Crippen LogP contribution in [0, 0.1) is 6.92 Å². The fraction of sp³-hybridized carbons (Fsp3) is 0.652. The van der Waals surface area contributed by atoms with E-state index in [-0.39, 0.29) is 18.4 Å². The first-order valence-corrected chi connectivity index (χ1v) is 11.0. The molecule has 2 amide bonds. The Hall–Kier alpha value is -2.04. The van der Waals surface area contributed by atoms with Crippen molar-refractivity contribution in [1.82, 2.24) is 10.2 Å². The summed E-state index contributed by atoms with van der Waals surface area (Å²) >= 11 is 0. The number of benzene rings is 1. The molecular formula is C23H35N3O2. The smallest absolute Gasteiger partial charge is 0.254 e. The zero-order chi connectivity index (χ0) is 19.9. The van der Waals surface area contributed by atoms with Crippen LogP contribution in [0.4, 0.5) is 5.69 Å². The van der Waals surface area contributed by atoms with E-state index in [2.05, 4.69) is 17.6 Å². The number of nitrogens with one attached hydrogen (secondary N) is 2. The minimum atomic E-state index is 0.0496. The molecule has 0 spiro atoms. The summed E-state index contributed by atoms with van der Waals surface area (Å²) < 4.78 is 0. The summed E-state index contributed by atoms with van der Waals surface area (Å²) in [5, 5.41) is 6.40. The molecule has 5 nitrogen and oxygen atoms in total. The lowest BCUT2D eigenvalue weighted by atomic mass is 10.0. The number of carbonyl (C=O) groups is 2. The highest BCUT2D eigenvalue weighted by Gasteiger charge is 2.24. The average molecular weight is 386 g/mol. The molecule has 1 saturated carbocycles. The Morgan fingerprint density at radius 1 is 1.04 bits per heavy atom. The molecule has 1 aliphatic carbocycles. The number of rotatable bonds is 5. The minimum Gasteiger partial charge on any atom is -0.376 e. The monoisotopic (exact) mass is 385 g/mol. The van der Waals surface area contributed by atoms with E-state index in [1.54, 1.807) is 0 Å². The van der Waals surface area contributed by atoms with Crippen molar-refractivity contribution >= 4 is 17.5 Å². The van der Waals surface area contributed by atoms with Gasteiger partial charge < -0.3 is 15.5 Å². The molecule has 5 heteroatoms. The predicted molar refractivity (Wildman–Crippen MR) is 114 cm³/mol. The molecule has 3 rings (SSSR count). The van der Waals surface area contributed by atoms with Gasteiger partial charge in [-0.05, 0) is 69.7 Å². The molecule has 2 aliphatic rings. The molecule has 0 radical (unpaired) electrons. The van der Waals surface area contributed by atoms with Gasteiger partial charge in [-0.15, -0.1) is 0 Å². The lowest BCUT2D eigenvalue weighted by Crippen LogP contribution is -2.42. The van der Waals surface area contributed by atoms with Crippen LogP contribution in [0.1, 0.15) is 80.6 Å². The zero-order valence-corrected chi connectivity index (χ0v) is 17.4. The van der Waals surface area contributed by atoms with Crippen LogP contribution >= 0.6 is 0 Å². The average Bonchev–Trinajstić information content (AvgIpc) is 2.95. The number of anilines is 1. The van der Waals surface area contributed by atoms with Gasteiger partial charge in [-0.1, -0.05) is 25.7 Å². The summed E-state index contributed by atoms with van der Waals surface area (Å²) in [6.07, 6.45) is 10.6. The van der Waals surface area contributed by atoms with E-state index in [0.717, 1.165) is 49.0 Å². The van der Waals surface area contributed by atoms with Gasteiger partial charge in [0.2, 0.25) is 5.91 Å². The third kappa shape index (κ3) is 5.49. The first kappa shape index (κ1) is 20.7.